The van der Waals surface area contributed by atoms with Crippen LogP contribution in [0.1, 0.15) is 13.8 Å². The predicted molar refractivity (Wildman–Crippen MR) is 81.9 cm³/mol. The maximum Gasteiger partial charge on any atom is 0.146 e. The first-order valence-electron chi connectivity index (χ1n) is 6.72. The standard InChI is InChI=1S/C16H17FN2O2/c1-11(2)10-21-12-7-8-15(19-20)16(9-12)18-14-6-4-3-5-13(14)17/h3-9,11,18H,10H2,1-2H3. The quantitative estimate of drug-likeness (QED) is 0.761. The minimum atomic E-state index is -0.400. The highest BCUT2D eigenvalue weighted by molar-refractivity contribution is 5.73. The lowest BCUT2D eigenvalue weighted by Crippen LogP contribution is -2.04. The summed E-state index contributed by atoms with van der Waals surface area (Å²) in [5.74, 6) is 0.592. The summed E-state index contributed by atoms with van der Waals surface area (Å²) in [5, 5.41) is 5.81. The smallest absolute Gasteiger partial charge is 0.146 e. The molecule has 0 radical (unpaired) electrons. The van der Waals surface area contributed by atoms with E-state index < -0.39 is 5.82 Å². The lowest BCUT2D eigenvalue weighted by Gasteiger charge is -2.13. The van der Waals surface area contributed by atoms with Gasteiger partial charge in [0.1, 0.15) is 17.3 Å². The number of nitroso groups, excluding NO2 is 1. The Morgan fingerprint density at radius 2 is 1.95 bits per heavy atom. The monoisotopic (exact) mass is 288 g/mol. The van der Waals surface area contributed by atoms with Crippen molar-refractivity contribution < 1.29 is 9.13 Å². The van der Waals surface area contributed by atoms with Crippen molar-refractivity contribution in [3.05, 3.63) is 53.2 Å². The fourth-order valence-corrected chi connectivity index (χ4v) is 1.76. The fourth-order valence-electron chi connectivity index (χ4n) is 1.76. The second-order valence-electron chi connectivity index (χ2n) is 5.08. The van der Waals surface area contributed by atoms with Crippen molar-refractivity contribution in [2.75, 3.05) is 11.9 Å². The van der Waals surface area contributed by atoms with Gasteiger partial charge in [0.25, 0.3) is 0 Å². The maximum atomic E-state index is 13.7. The molecule has 1 N–H and O–H groups in total. The van der Waals surface area contributed by atoms with Crippen LogP contribution in [0.2, 0.25) is 0 Å². The second-order valence-corrected chi connectivity index (χ2v) is 5.08. The van der Waals surface area contributed by atoms with Crippen LogP contribution in [0.25, 0.3) is 0 Å². The molecule has 0 heterocycles. The molecule has 4 nitrogen and oxygen atoms in total. The SMILES string of the molecule is CC(C)COc1ccc(N=O)c(Nc2ccccc2F)c1. The molecule has 21 heavy (non-hydrogen) atoms. The van der Waals surface area contributed by atoms with Gasteiger partial charge in [-0.15, -0.1) is 4.91 Å². The summed E-state index contributed by atoms with van der Waals surface area (Å²) in [4.78, 5) is 10.9. The Labute approximate surface area is 122 Å². The number of ether oxygens (including phenoxy) is 1. The van der Waals surface area contributed by atoms with E-state index in [4.69, 9.17) is 4.74 Å². The molecule has 2 aromatic rings. The molecule has 2 aromatic carbocycles. The topological polar surface area (TPSA) is 50.7 Å². The Morgan fingerprint density at radius 1 is 1.19 bits per heavy atom. The van der Waals surface area contributed by atoms with Crippen molar-refractivity contribution in [3.8, 4) is 5.75 Å². The van der Waals surface area contributed by atoms with Gasteiger partial charge in [0.2, 0.25) is 0 Å². The van der Waals surface area contributed by atoms with Crippen molar-refractivity contribution in [1.82, 2.24) is 0 Å². The molecule has 5 heteroatoms. The first-order valence-corrected chi connectivity index (χ1v) is 6.72. The molecule has 0 aliphatic carbocycles. The summed E-state index contributed by atoms with van der Waals surface area (Å²) in [7, 11) is 0. The Balaban J connectivity index is 2.26. The van der Waals surface area contributed by atoms with Crippen molar-refractivity contribution in [2.24, 2.45) is 11.1 Å². The Morgan fingerprint density at radius 3 is 2.62 bits per heavy atom. The third-order valence-corrected chi connectivity index (χ3v) is 2.79. The number of rotatable bonds is 6. The molecule has 0 atom stereocenters. The molecule has 0 aromatic heterocycles. The highest BCUT2D eigenvalue weighted by atomic mass is 19.1. The van der Waals surface area contributed by atoms with Gasteiger partial charge in [0.05, 0.1) is 18.0 Å². The van der Waals surface area contributed by atoms with Gasteiger partial charge >= 0.3 is 0 Å². The van der Waals surface area contributed by atoms with Crippen LogP contribution in [0.3, 0.4) is 0 Å². The summed E-state index contributed by atoms with van der Waals surface area (Å²) in [6.07, 6.45) is 0. The van der Waals surface area contributed by atoms with Crippen molar-refractivity contribution in [1.29, 1.82) is 0 Å². The van der Waals surface area contributed by atoms with Gasteiger partial charge in [-0.05, 0) is 35.4 Å². The lowest BCUT2D eigenvalue weighted by atomic mass is 10.2. The summed E-state index contributed by atoms with van der Waals surface area (Å²) in [6.45, 7) is 4.65. The minimum Gasteiger partial charge on any atom is -0.493 e. The van der Waals surface area contributed by atoms with E-state index in [9.17, 15) is 9.30 Å². The summed E-state index contributed by atoms with van der Waals surface area (Å²) in [6, 6.07) is 11.1. The molecule has 0 bridgehead atoms. The number of nitrogens with one attached hydrogen (secondary N) is 1. The normalized spacial score (nSPS) is 10.5. The number of benzene rings is 2. The molecule has 0 aliphatic rings. The molecule has 0 spiro atoms. The van der Waals surface area contributed by atoms with Crippen LogP contribution in [0.5, 0.6) is 5.75 Å². The molecule has 0 saturated carbocycles. The molecule has 0 amide bonds. The number of anilines is 2. The molecule has 0 aliphatic heterocycles. The molecular formula is C16H17FN2O2. The molecule has 110 valence electrons. The molecule has 2 rings (SSSR count). The zero-order chi connectivity index (χ0) is 15.2. The average molecular weight is 288 g/mol. The van der Waals surface area contributed by atoms with E-state index in [0.717, 1.165) is 0 Å². The molecule has 0 fully saturated rings. The van der Waals surface area contributed by atoms with Crippen molar-refractivity contribution in [3.63, 3.8) is 0 Å². The van der Waals surface area contributed by atoms with E-state index in [2.05, 4.69) is 10.5 Å². The number of hydrogen-bond acceptors (Lipinski definition) is 4. The van der Waals surface area contributed by atoms with E-state index in [1.165, 1.54) is 6.07 Å². The van der Waals surface area contributed by atoms with Gasteiger partial charge in [-0.2, -0.15) is 0 Å². The summed E-state index contributed by atoms with van der Waals surface area (Å²) >= 11 is 0. The van der Waals surface area contributed by atoms with Crippen LogP contribution in [0, 0.1) is 16.6 Å². The van der Waals surface area contributed by atoms with E-state index in [0.29, 0.717) is 24.0 Å². The van der Waals surface area contributed by atoms with Crippen LogP contribution in [-0.2, 0) is 0 Å². The summed E-state index contributed by atoms with van der Waals surface area (Å²) < 4.78 is 19.3. The first kappa shape index (κ1) is 15.0. The molecule has 0 saturated heterocycles. The van der Waals surface area contributed by atoms with Crippen LogP contribution < -0.4 is 10.1 Å². The highest BCUT2D eigenvalue weighted by Gasteiger charge is 2.08. The van der Waals surface area contributed by atoms with Gasteiger partial charge in [-0.1, -0.05) is 26.0 Å². The van der Waals surface area contributed by atoms with Gasteiger partial charge in [0, 0.05) is 6.07 Å². The number of nitrogens with zero attached hydrogens (tertiary/aromatic N) is 1. The number of halogens is 1. The van der Waals surface area contributed by atoms with Crippen LogP contribution in [-0.4, -0.2) is 6.61 Å². The van der Waals surface area contributed by atoms with Gasteiger partial charge < -0.3 is 10.1 Å². The highest BCUT2D eigenvalue weighted by Crippen LogP contribution is 2.32. The van der Waals surface area contributed by atoms with Crippen molar-refractivity contribution in [2.45, 2.75) is 13.8 Å². The van der Waals surface area contributed by atoms with Crippen LogP contribution >= 0.6 is 0 Å². The van der Waals surface area contributed by atoms with Gasteiger partial charge in [-0.25, -0.2) is 4.39 Å². The largest absolute Gasteiger partial charge is 0.493 e. The Bertz CT molecular complexity index is 629. The Kier molecular flexibility index (Phi) is 4.87. The lowest BCUT2D eigenvalue weighted by molar-refractivity contribution is 0.271. The van der Waals surface area contributed by atoms with E-state index in [1.807, 2.05) is 13.8 Å². The molecule has 0 unspecified atom stereocenters. The maximum absolute atomic E-state index is 13.7. The minimum absolute atomic E-state index is 0.204. The van der Waals surface area contributed by atoms with E-state index >= 15 is 0 Å². The van der Waals surface area contributed by atoms with E-state index in [1.54, 1.807) is 36.4 Å². The molecular weight excluding hydrogens is 271 g/mol. The number of hydrogen-bond donors (Lipinski definition) is 1. The van der Waals surface area contributed by atoms with Gasteiger partial charge in [-0.3, -0.25) is 0 Å². The first-order chi connectivity index (χ1) is 10.1. The number of para-hydroxylation sites is 1. The fraction of sp³-hybridized carbons (Fsp3) is 0.250. The average Bonchev–Trinajstić information content (AvgIpc) is 2.47. The predicted octanol–water partition coefficient (Wildman–Crippen LogP) is 5.00. The zero-order valence-electron chi connectivity index (χ0n) is 12.0. The summed E-state index contributed by atoms with van der Waals surface area (Å²) in [5.41, 5.74) is 0.898. The van der Waals surface area contributed by atoms with Crippen molar-refractivity contribution >= 4 is 17.1 Å². The third kappa shape index (κ3) is 4.02. The van der Waals surface area contributed by atoms with Gasteiger partial charge in [0.15, 0.2) is 0 Å². The second kappa shape index (κ2) is 6.83. The third-order valence-electron chi connectivity index (χ3n) is 2.79. The Hall–Kier alpha value is -2.43. The zero-order valence-corrected chi connectivity index (χ0v) is 12.0. The van der Waals surface area contributed by atoms with Crippen LogP contribution in [0.15, 0.2) is 47.6 Å². The van der Waals surface area contributed by atoms with E-state index in [-0.39, 0.29) is 11.4 Å². The van der Waals surface area contributed by atoms with Crippen LogP contribution in [0.4, 0.5) is 21.5 Å².